The number of alkyl halides is 1. The van der Waals surface area contributed by atoms with Crippen molar-refractivity contribution in [2.24, 2.45) is 0 Å². The highest BCUT2D eigenvalue weighted by Crippen LogP contribution is 2.04. The van der Waals surface area contributed by atoms with Crippen LogP contribution < -0.4 is 0 Å². The van der Waals surface area contributed by atoms with Gasteiger partial charge in [-0.15, -0.1) is 0 Å². The summed E-state index contributed by atoms with van der Waals surface area (Å²) in [5.41, 5.74) is 0. The number of hydrogen-bond donors (Lipinski definition) is 0. The predicted molar refractivity (Wildman–Crippen MR) is 39.8 cm³/mol. The molecule has 1 rings (SSSR count). The number of nitrogens with zero attached hydrogens (tertiary/aromatic N) is 2. The molecule has 0 aromatic carbocycles. The molecule has 0 aromatic rings. The van der Waals surface area contributed by atoms with Crippen molar-refractivity contribution in [1.29, 1.82) is 0 Å². The van der Waals surface area contributed by atoms with E-state index in [-0.39, 0.29) is 12.6 Å². The lowest BCUT2D eigenvalue weighted by Gasteiger charge is -2.14. The minimum absolute atomic E-state index is 0.112. The van der Waals surface area contributed by atoms with E-state index in [9.17, 15) is 9.18 Å². The Morgan fingerprint density at radius 2 is 2.36 bits per heavy atom. The van der Waals surface area contributed by atoms with Crippen molar-refractivity contribution < 1.29 is 9.18 Å². The Morgan fingerprint density at radius 1 is 1.64 bits per heavy atom. The molecule has 0 aromatic heterocycles. The molecular weight excluding hydrogens is 147 g/mol. The topological polar surface area (TPSA) is 23.6 Å². The van der Waals surface area contributed by atoms with E-state index < -0.39 is 0 Å². The van der Waals surface area contributed by atoms with Crippen molar-refractivity contribution >= 4 is 5.91 Å². The second-order valence-electron chi connectivity index (χ2n) is 2.63. The zero-order valence-corrected chi connectivity index (χ0v) is 6.72. The Bertz CT molecular complexity index is 151. The van der Waals surface area contributed by atoms with Gasteiger partial charge in [0.05, 0.1) is 13.2 Å². The molecule has 0 bridgehead atoms. The summed E-state index contributed by atoms with van der Waals surface area (Å²) in [5.74, 6) is 0.112. The number of carbonyl (C=O) groups excluding carboxylic acids is 1. The molecule has 1 aliphatic heterocycles. The van der Waals surface area contributed by atoms with Crippen LogP contribution >= 0.6 is 0 Å². The van der Waals surface area contributed by atoms with Gasteiger partial charge in [0, 0.05) is 13.1 Å². The lowest BCUT2D eigenvalue weighted by atomic mass is 10.5. The highest BCUT2D eigenvalue weighted by Gasteiger charge is 2.24. The van der Waals surface area contributed by atoms with Gasteiger partial charge in [-0.25, -0.2) is 4.39 Å². The molecule has 1 saturated heterocycles. The normalized spacial score (nSPS) is 19.8. The first-order valence-electron chi connectivity index (χ1n) is 3.84. The third kappa shape index (κ3) is 1.89. The Labute approximate surface area is 65.8 Å². The van der Waals surface area contributed by atoms with Crippen molar-refractivity contribution in [2.45, 2.75) is 6.92 Å². The van der Waals surface area contributed by atoms with E-state index in [1.807, 2.05) is 11.8 Å². The molecule has 0 aliphatic carbocycles. The minimum atomic E-state index is -0.370. The number of carbonyl (C=O) groups is 1. The van der Waals surface area contributed by atoms with Crippen LogP contribution in [0.5, 0.6) is 0 Å². The molecule has 3 nitrogen and oxygen atoms in total. The van der Waals surface area contributed by atoms with Crippen LogP contribution in [0.4, 0.5) is 4.39 Å². The van der Waals surface area contributed by atoms with Gasteiger partial charge in [-0.3, -0.25) is 9.69 Å². The van der Waals surface area contributed by atoms with Crippen molar-refractivity contribution in [2.75, 3.05) is 33.0 Å². The minimum Gasteiger partial charge on any atom is -0.329 e. The predicted octanol–water partition coefficient (Wildman–Crippen LogP) is 0.0775. The third-order valence-corrected chi connectivity index (χ3v) is 1.86. The Balaban J connectivity index is 2.36. The van der Waals surface area contributed by atoms with Gasteiger partial charge in [0.2, 0.25) is 5.91 Å². The van der Waals surface area contributed by atoms with E-state index in [1.54, 1.807) is 4.90 Å². The average molecular weight is 160 g/mol. The fourth-order valence-electron chi connectivity index (χ4n) is 1.21. The average Bonchev–Trinajstić information content (AvgIpc) is 2.32. The highest BCUT2D eigenvalue weighted by atomic mass is 19.1. The third-order valence-electron chi connectivity index (χ3n) is 1.86. The lowest BCUT2D eigenvalue weighted by Crippen LogP contribution is -2.27. The molecule has 0 unspecified atom stereocenters. The highest BCUT2D eigenvalue weighted by molar-refractivity contribution is 5.79. The summed E-state index contributed by atoms with van der Waals surface area (Å²) in [7, 11) is 0. The van der Waals surface area contributed by atoms with Crippen LogP contribution in [0, 0.1) is 0 Å². The van der Waals surface area contributed by atoms with Crippen LogP contribution in [0.1, 0.15) is 6.92 Å². The molecular formula is C7H13FN2O. The molecule has 0 N–H and O–H groups in total. The van der Waals surface area contributed by atoms with E-state index in [1.165, 1.54) is 0 Å². The van der Waals surface area contributed by atoms with Crippen LogP contribution in [0.3, 0.4) is 0 Å². The maximum absolute atomic E-state index is 11.8. The fourth-order valence-corrected chi connectivity index (χ4v) is 1.21. The van der Waals surface area contributed by atoms with Crippen molar-refractivity contribution in [3.05, 3.63) is 0 Å². The quantitative estimate of drug-likeness (QED) is 0.583. The zero-order valence-electron chi connectivity index (χ0n) is 6.72. The first-order valence-corrected chi connectivity index (χ1v) is 3.84. The number of hydrogen-bond acceptors (Lipinski definition) is 2. The standard InChI is InChI=1S/C7H13FN2O/c1-2-10-6-9(4-3-8)5-7(10)11/h2-6H2,1H3. The van der Waals surface area contributed by atoms with Gasteiger partial charge in [0.25, 0.3) is 0 Å². The molecule has 0 saturated carbocycles. The van der Waals surface area contributed by atoms with Crippen LogP contribution in [-0.2, 0) is 4.79 Å². The summed E-state index contributed by atoms with van der Waals surface area (Å²) in [6.45, 7) is 3.64. The van der Waals surface area contributed by atoms with Gasteiger partial charge in [0.15, 0.2) is 0 Å². The van der Waals surface area contributed by atoms with E-state index in [0.717, 1.165) is 6.54 Å². The van der Waals surface area contributed by atoms with Crippen molar-refractivity contribution in [1.82, 2.24) is 9.80 Å². The summed E-state index contributed by atoms with van der Waals surface area (Å²) in [4.78, 5) is 14.6. The van der Waals surface area contributed by atoms with Gasteiger partial charge in [-0.2, -0.15) is 0 Å². The monoisotopic (exact) mass is 160 g/mol. The maximum Gasteiger partial charge on any atom is 0.237 e. The van der Waals surface area contributed by atoms with Gasteiger partial charge in [-0.05, 0) is 6.92 Å². The van der Waals surface area contributed by atoms with Crippen LogP contribution in [0.25, 0.3) is 0 Å². The van der Waals surface area contributed by atoms with Crippen LogP contribution in [0.2, 0.25) is 0 Å². The van der Waals surface area contributed by atoms with E-state index >= 15 is 0 Å². The molecule has 0 spiro atoms. The number of rotatable bonds is 3. The summed E-state index contributed by atoms with van der Waals surface area (Å²) < 4.78 is 11.8. The summed E-state index contributed by atoms with van der Waals surface area (Å²) >= 11 is 0. The summed E-state index contributed by atoms with van der Waals surface area (Å²) in [5, 5.41) is 0. The summed E-state index contributed by atoms with van der Waals surface area (Å²) in [6, 6.07) is 0. The van der Waals surface area contributed by atoms with Crippen LogP contribution in [0.15, 0.2) is 0 Å². The van der Waals surface area contributed by atoms with Gasteiger partial charge < -0.3 is 4.90 Å². The molecule has 11 heavy (non-hydrogen) atoms. The van der Waals surface area contributed by atoms with Crippen LogP contribution in [-0.4, -0.2) is 48.7 Å². The van der Waals surface area contributed by atoms with Gasteiger partial charge in [-0.1, -0.05) is 0 Å². The molecule has 1 fully saturated rings. The van der Waals surface area contributed by atoms with Gasteiger partial charge in [0.1, 0.15) is 6.67 Å². The molecule has 1 amide bonds. The number of likely N-dealkylation sites (N-methyl/N-ethyl adjacent to an activating group) is 1. The van der Waals surface area contributed by atoms with E-state index in [0.29, 0.717) is 19.8 Å². The Hall–Kier alpha value is -0.640. The van der Waals surface area contributed by atoms with Crippen molar-refractivity contribution in [3.63, 3.8) is 0 Å². The largest absolute Gasteiger partial charge is 0.329 e. The molecule has 1 aliphatic rings. The fraction of sp³-hybridized carbons (Fsp3) is 0.857. The smallest absolute Gasteiger partial charge is 0.237 e. The first-order chi connectivity index (χ1) is 5.27. The first kappa shape index (κ1) is 8.46. The second-order valence-corrected chi connectivity index (χ2v) is 2.63. The van der Waals surface area contributed by atoms with E-state index in [2.05, 4.69) is 0 Å². The molecule has 0 atom stereocenters. The molecule has 1 heterocycles. The number of halogens is 1. The molecule has 4 heteroatoms. The number of amides is 1. The maximum atomic E-state index is 11.8. The second kappa shape index (κ2) is 3.67. The van der Waals surface area contributed by atoms with E-state index in [4.69, 9.17) is 0 Å². The van der Waals surface area contributed by atoms with Crippen molar-refractivity contribution in [3.8, 4) is 0 Å². The summed E-state index contributed by atoms with van der Waals surface area (Å²) in [6.07, 6.45) is 0. The molecule has 64 valence electrons. The SMILES string of the molecule is CCN1CN(CCF)CC1=O. The molecule has 0 radical (unpaired) electrons. The zero-order chi connectivity index (χ0) is 8.27. The Kier molecular flexibility index (Phi) is 2.82. The Morgan fingerprint density at radius 3 is 2.82 bits per heavy atom. The van der Waals surface area contributed by atoms with Gasteiger partial charge >= 0.3 is 0 Å². The lowest BCUT2D eigenvalue weighted by molar-refractivity contribution is -0.126.